The molecule has 3 aromatic carbocycles. The lowest BCUT2D eigenvalue weighted by atomic mass is 10.2. The number of hydrazone groups is 1. The zero-order chi connectivity index (χ0) is 21.8. The molecule has 31 heavy (non-hydrogen) atoms. The van der Waals surface area contributed by atoms with E-state index < -0.39 is 5.97 Å². The second kappa shape index (κ2) is 9.43. The number of ether oxygens (including phenoxy) is 1. The largest absolute Gasteiger partial charge is 0.422 e. The van der Waals surface area contributed by atoms with Crippen LogP contribution in [0, 0.1) is 0 Å². The van der Waals surface area contributed by atoms with Crippen LogP contribution in [0.5, 0.6) is 5.75 Å². The Bertz CT molecular complexity index is 1320. The molecule has 0 aliphatic rings. The Labute approximate surface area is 195 Å². The van der Waals surface area contributed by atoms with E-state index in [9.17, 15) is 9.59 Å². The topological polar surface area (TPSA) is 67.8 Å². The average molecular weight is 514 g/mol. The Morgan fingerprint density at radius 3 is 2.65 bits per heavy atom. The van der Waals surface area contributed by atoms with E-state index in [1.807, 2.05) is 30.3 Å². The summed E-state index contributed by atoms with van der Waals surface area (Å²) in [4.78, 5) is 25.1. The minimum absolute atomic E-state index is 0.334. The van der Waals surface area contributed by atoms with Gasteiger partial charge in [-0.25, -0.2) is 10.2 Å². The molecular weight excluding hydrogens is 500 g/mol. The van der Waals surface area contributed by atoms with Crippen LogP contribution in [0.25, 0.3) is 10.1 Å². The predicted molar refractivity (Wildman–Crippen MR) is 127 cm³/mol. The van der Waals surface area contributed by atoms with Gasteiger partial charge in [-0.15, -0.1) is 11.3 Å². The Kier molecular flexibility index (Phi) is 6.46. The highest BCUT2D eigenvalue weighted by atomic mass is 79.9. The number of nitrogens with one attached hydrogen (secondary N) is 1. The van der Waals surface area contributed by atoms with Gasteiger partial charge in [-0.1, -0.05) is 63.9 Å². The van der Waals surface area contributed by atoms with Gasteiger partial charge in [0.2, 0.25) is 0 Å². The van der Waals surface area contributed by atoms with Crippen molar-refractivity contribution < 1.29 is 14.3 Å². The highest BCUT2D eigenvalue weighted by Gasteiger charge is 2.19. The lowest BCUT2D eigenvalue weighted by Crippen LogP contribution is -2.17. The summed E-state index contributed by atoms with van der Waals surface area (Å²) < 4.78 is 7.22. The second-order valence-electron chi connectivity index (χ2n) is 6.41. The molecule has 4 aromatic rings. The van der Waals surface area contributed by atoms with Crippen molar-refractivity contribution in [1.82, 2.24) is 5.43 Å². The third-order valence-corrected chi connectivity index (χ3v) is 6.40. The normalized spacial score (nSPS) is 11.0. The first kappa shape index (κ1) is 21.2. The molecule has 1 amide bonds. The highest BCUT2D eigenvalue weighted by Crippen LogP contribution is 2.35. The number of esters is 1. The number of carbonyl (C=O) groups is 2. The Morgan fingerprint density at radius 2 is 1.84 bits per heavy atom. The van der Waals surface area contributed by atoms with Gasteiger partial charge in [0.05, 0.1) is 11.2 Å². The van der Waals surface area contributed by atoms with Crippen molar-refractivity contribution in [2.24, 2.45) is 5.10 Å². The second-order valence-corrected chi connectivity index (χ2v) is 8.76. The van der Waals surface area contributed by atoms with Crippen molar-refractivity contribution in [2.45, 2.75) is 0 Å². The number of halogens is 2. The van der Waals surface area contributed by atoms with Gasteiger partial charge in [-0.2, -0.15) is 5.10 Å². The number of fused-ring (bicyclic) bond motifs is 1. The van der Waals surface area contributed by atoms with Gasteiger partial charge in [0.1, 0.15) is 10.6 Å². The van der Waals surface area contributed by atoms with Crippen LogP contribution in [0.1, 0.15) is 25.6 Å². The van der Waals surface area contributed by atoms with Gasteiger partial charge < -0.3 is 4.74 Å². The molecule has 0 aliphatic carbocycles. The monoisotopic (exact) mass is 512 g/mol. The van der Waals surface area contributed by atoms with Gasteiger partial charge >= 0.3 is 5.97 Å². The minimum Gasteiger partial charge on any atom is -0.422 e. The summed E-state index contributed by atoms with van der Waals surface area (Å²) in [5.41, 5.74) is 3.61. The van der Waals surface area contributed by atoms with Crippen LogP contribution in [-0.4, -0.2) is 18.1 Å². The van der Waals surface area contributed by atoms with E-state index in [-0.39, 0.29) is 5.91 Å². The lowest BCUT2D eigenvalue weighted by Gasteiger charge is -2.04. The van der Waals surface area contributed by atoms with Crippen LogP contribution in [0.2, 0.25) is 5.02 Å². The van der Waals surface area contributed by atoms with E-state index in [2.05, 4.69) is 26.5 Å². The molecule has 4 rings (SSSR count). The van der Waals surface area contributed by atoms with Crippen LogP contribution in [-0.2, 0) is 0 Å². The summed E-state index contributed by atoms with van der Waals surface area (Å²) in [7, 11) is 0. The van der Waals surface area contributed by atoms with Crippen molar-refractivity contribution >= 4 is 67.0 Å². The predicted octanol–water partition coefficient (Wildman–Crippen LogP) is 6.30. The van der Waals surface area contributed by atoms with Crippen molar-refractivity contribution in [3.8, 4) is 5.75 Å². The maximum atomic E-state index is 12.6. The SMILES string of the molecule is O=C(N/N=C/c1cccc(OC(=O)c2sc3ccccc3c2Cl)c1)c1cccc(Br)c1. The number of benzene rings is 3. The Balaban J connectivity index is 1.44. The van der Waals surface area contributed by atoms with Gasteiger partial charge in [-0.05, 0) is 42.0 Å². The Morgan fingerprint density at radius 1 is 1.03 bits per heavy atom. The number of nitrogens with zero attached hydrogens (tertiary/aromatic N) is 1. The smallest absolute Gasteiger partial charge is 0.355 e. The zero-order valence-electron chi connectivity index (χ0n) is 15.8. The molecule has 0 unspecified atom stereocenters. The third kappa shape index (κ3) is 5.02. The van der Waals surface area contributed by atoms with E-state index in [1.54, 1.807) is 42.5 Å². The fraction of sp³-hybridized carbons (Fsp3) is 0. The van der Waals surface area contributed by atoms with E-state index in [0.717, 1.165) is 14.6 Å². The standard InChI is InChI=1S/C23H14BrClN2O3S/c24-16-7-4-6-15(12-16)22(28)27-26-13-14-5-3-8-17(11-14)30-23(29)21-20(25)18-9-1-2-10-19(18)31-21/h1-13H,(H,27,28)/b26-13+. The summed E-state index contributed by atoms with van der Waals surface area (Å²) in [6, 6.07) is 21.3. The maximum Gasteiger partial charge on any atom is 0.355 e. The van der Waals surface area contributed by atoms with Crippen molar-refractivity contribution in [2.75, 3.05) is 0 Å². The van der Waals surface area contributed by atoms with E-state index >= 15 is 0 Å². The first-order valence-corrected chi connectivity index (χ1v) is 11.1. The van der Waals surface area contributed by atoms with E-state index in [4.69, 9.17) is 16.3 Å². The maximum absolute atomic E-state index is 12.6. The number of hydrogen-bond acceptors (Lipinski definition) is 5. The quantitative estimate of drug-likeness (QED) is 0.147. The van der Waals surface area contributed by atoms with Crippen LogP contribution < -0.4 is 10.2 Å². The molecule has 1 N–H and O–H groups in total. The van der Waals surface area contributed by atoms with Gasteiger partial charge in [0.15, 0.2) is 0 Å². The number of thiophene rings is 1. The van der Waals surface area contributed by atoms with Crippen LogP contribution in [0.3, 0.4) is 0 Å². The highest BCUT2D eigenvalue weighted by molar-refractivity contribution is 9.10. The molecule has 0 spiro atoms. The van der Waals surface area contributed by atoms with Gasteiger partial charge in [0, 0.05) is 20.1 Å². The van der Waals surface area contributed by atoms with Crippen LogP contribution in [0.15, 0.2) is 82.4 Å². The molecule has 0 bridgehead atoms. The van der Waals surface area contributed by atoms with E-state index in [1.165, 1.54) is 17.6 Å². The molecule has 0 saturated heterocycles. The molecule has 8 heteroatoms. The number of hydrogen-bond donors (Lipinski definition) is 1. The molecule has 0 atom stereocenters. The van der Waals surface area contributed by atoms with Crippen LogP contribution >= 0.6 is 38.9 Å². The summed E-state index contributed by atoms with van der Waals surface area (Å²) in [5, 5.41) is 5.18. The zero-order valence-corrected chi connectivity index (χ0v) is 19.0. The first-order chi connectivity index (χ1) is 15.0. The number of carbonyl (C=O) groups excluding carboxylic acids is 2. The van der Waals surface area contributed by atoms with Crippen molar-refractivity contribution in [1.29, 1.82) is 0 Å². The van der Waals surface area contributed by atoms with Crippen molar-refractivity contribution in [3.05, 3.63) is 98.3 Å². The lowest BCUT2D eigenvalue weighted by molar-refractivity contribution is 0.0740. The number of rotatable bonds is 5. The Hall–Kier alpha value is -3.00. The summed E-state index contributed by atoms with van der Waals surface area (Å²) in [6.07, 6.45) is 1.47. The minimum atomic E-state index is -0.525. The average Bonchev–Trinajstić information content (AvgIpc) is 3.11. The summed E-state index contributed by atoms with van der Waals surface area (Å²) in [6.45, 7) is 0. The molecule has 0 saturated carbocycles. The molecule has 0 aliphatic heterocycles. The fourth-order valence-corrected chi connectivity index (χ4v) is 4.60. The molecule has 5 nitrogen and oxygen atoms in total. The first-order valence-electron chi connectivity index (χ1n) is 9.09. The third-order valence-electron chi connectivity index (χ3n) is 4.26. The molecule has 0 radical (unpaired) electrons. The molecule has 154 valence electrons. The van der Waals surface area contributed by atoms with E-state index in [0.29, 0.717) is 26.8 Å². The molecule has 0 fully saturated rings. The van der Waals surface area contributed by atoms with Gasteiger partial charge in [0.25, 0.3) is 5.91 Å². The molecule has 1 heterocycles. The fourth-order valence-electron chi connectivity index (χ4n) is 2.82. The summed E-state index contributed by atoms with van der Waals surface area (Å²) in [5.74, 6) is -0.511. The molecular formula is C23H14BrClN2O3S. The van der Waals surface area contributed by atoms with Crippen molar-refractivity contribution in [3.63, 3.8) is 0 Å². The number of amides is 1. The molecule has 1 aromatic heterocycles. The summed E-state index contributed by atoms with van der Waals surface area (Å²) >= 11 is 11.0. The van der Waals surface area contributed by atoms with Crippen LogP contribution in [0.4, 0.5) is 0 Å². The van der Waals surface area contributed by atoms with Gasteiger partial charge in [-0.3, -0.25) is 4.79 Å².